The highest BCUT2D eigenvalue weighted by molar-refractivity contribution is 7.99. The highest BCUT2D eigenvalue weighted by Crippen LogP contribution is 2.30. The van der Waals surface area contributed by atoms with Gasteiger partial charge >= 0.3 is 0 Å². The number of thiophene rings is 1. The third-order valence-electron chi connectivity index (χ3n) is 4.17. The van der Waals surface area contributed by atoms with Crippen LogP contribution in [0.4, 0.5) is 0 Å². The number of aryl methyl sites for hydroxylation is 1. The lowest BCUT2D eigenvalue weighted by molar-refractivity contribution is -0.119. The summed E-state index contributed by atoms with van der Waals surface area (Å²) in [5.41, 5.74) is 2.58. The van der Waals surface area contributed by atoms with Gasteiger partial charge in [-0.2, -0.15) is 0 Å². The first-order valence-corrected chi connectivity index (χ1v) is 10.0. The highest BCUT2D eigenvalue weighted by atomic mass is 32.2. The van der Waals surface area contributed by atoms with Crippen LogP contribution in [0, 0.1) is 0 Å². The third-order valence-corrected chi connectivity index (χ3v) is 5.85. The minimum Gasteiger partial charge on any atom is -0.410 e. The van der Waals surface area contributed by atoms with Crippen LogP contribution in [0.5, 0.6) is 0 Å². The first kappa shape index (κ1) is 16.4. The quantitative estimate of drug-likeness (QED) is 0.684. The van der Waals surface area contributed by atoms with Crippen LogP contribution < -0.4 is 5.32 Å². The van der Waals surface area contributed by atoms with Crippen molar-refractivity contribution in [2.45, 2.75) is 30.5 Å². The summed E-state index contributed by atoms with van der Waals surface area (Å²) in [6.45, 7) is 0. The number of nitrogens with one attached hydrogen (secondary N) is 1. The van der Waals surface area contributed by atoms with Gasteiger partial charge in [-0.25, -0.2) is 0 Å². The molecule has 3 aromatic rings. The van der Waals surface area contributed by atoms with E-state index in [1.54, 1.807) is 11.3 Å². The Morgan fingerprint density at radius 3 is 3.08 bits per heavy atom. The molecule has 0 aliphatic heterocycles. The molecule has 1 aliphatic rings. The van der Waals surface area contributed by atoms with Crippen LogP contribution in [0.1, 0.15) is 30.0 Å². The summed E-state index contributed by atoms with van der Waals surface area (Å²) in [5, 5.41) is 13.5. The number of aromatic nitrogens is 2. The largest absolute Gasteiger partial charge is 0.410 e. The van der Waals surface area contributed by atoms with Gasteiger partial charge in [0, 0.05) is 0 Å². The molecule has 0 radical (unpaired) electrons. The van der Waals surface area contributed by atoms with Gasteiger partial charge in [0.05, 0.1) is 16.7 Å². The maximum Gasteiger partial charge on any atom is 0.277 e. The normalized spacial score (nSPS) is 16.4. The molecule has 1 N–H and O–H groups in total. The van der Waals surface area contributed by atoms with Gasteiger partial charge in [0.25, 0.3) is 11.1 Å². The molecule has 25 heavy (non-hydrogen) atoms. The number of rotatable bonds is 5. The standard InChI is InChI=1S/C18H17N3O2S2/c22-16(19-14-8-3-6-12-5-1-2-7-13(12)14)11-25-18-21-20-17(23-18)15-9-4-10-24-15/h1-2,4-5,7,9-10,14H,3,6,8,11H2,(H,19,22)/t14-/m0/s1. The van der Waals surface area contributed by atoms with Gasteiger partial charge in [-0.1, -0.05) is 42.1 Å². The Hall–Kier alpha value is -2.12. The van der Waals surface area contributed by atoms with E-state index in [2.05, 4.69) is 33.7 Å². The Labute approximate surface area is 153 Å². The van der Waals surface area contributed by atoms with Gasteiger partial charge in [0.2, 0.25) is 5.91 Å². The van der Waals surface area contributed by atoms with Gasteiger partial charge in [0.1, 0.15) is 0 Å². The van der Waals surface area contributed by atoms with E-state index < -0.39 is 0 Å². The van der Waals surface area contributed by atoms with Crippen molar-refractivity contribution >= 4 is 29.0 Å². The summed E-state index contributed by atoms with van der Waals surface area (Å²) in [7, 11) is 0. The molecule has 0 bridgehead atoms. The number of carbonyl (C=O) groups is 1. The van der Waals surface area contributed by atoms with Crippen molar-refractivity contribution < 1.29 is 9.21 Å². The lowest BCUT2D eigenvalue weighted by Crippen LogP contribution is -2.32. The molecule has 1 aliphatic carbocycles. The predicted molar refractivity (Wildman–Crippen MR) is 98.6 cm³/mol. The van der Waals surface area contributed by atoms with Crippen molar-refractivity contribution in [2.75, 3.05) is 5.75 Å². The second-order valence-corrected chi connectivity index (χ2v) is 7.72. The van der Waals surface area contributed by atoms with Gasteiger partial charge in [0.15, 0.2) is 0 Å². The number of hydrogen-bond acceptors (Lipinski definition) is 6. The van der Waals surface area contributed by atoms with Gasteiger partial charge < -0.3 is 9.73 Å². The van der Waals surface area contributed by atoms with Gasteiger partial charge in [-0.3, -0.25) is 4.79 Å². The average Bonchev–Trinajstić information content (AvgIpc) is 3.32. The topological polar surface area (TPSA) is 68.0 Å². The molecule has 7 heteroatoms. The lowest BCUT2D eigenvalue weighted by Gasteiger charge is -2.26. The number of nitrogens with zero attached hydrogens (tertiary/aromatic N) is 2. The Bertz CT molecular complexity index is 861. The smallest absolute Gasteiger partial charge is 0.277 e. The SMILES string of the molecule is O=C(CSc1nnc(-c2cccs2)o1)N[C@H]1CCCc2ccccc21. The number of amides is 1. The summed E-state index contributed by atoms with van der Waals surface area (Å²) in [4.78, 5) is 13.2. The predicted octanol–water partition coefficient (Wildman–Crippen LogP) is 4.08. The number of fused-ring (bicyclic) bond motifs is 1. The van der Waals surface area contributed by atoms with Crippen LogP contribution in [0.15, 0.2) is 51.4 Å². The van der Waals surface area contributed by atoms with Crippen LogP contribution in [0.3, 0.4) is 0 Å². The minimum absolute atomic E-state index is 0.0115. The molecular weight excluding hydrogens is 354 g/mol. The zero-order valence-electron chi connectivity index (χ0n) is 13.5. The van der Waals surface area contributed by atoms with Gasteiger partial charge in [-0.15, -0.1) is 21.5 Å². The van der Waals surface area contributed by atoms with Crippen molar-refractivity contribution in [3.05, 3.63) is 52.9 Å². The molecule has 1 amide bonds. The van der Waals surface area contributed by atoms with Crippen molar-refractivity contribution in [3.8, 4) is 10.8 Å². The van der Waals surface area contributed by atoms with Crippen LogP contribution in [0.2, 0.25) is 0 Å². The zero-order chi connectivity index (χ0) is 17.1. The van der Waals surface area contributed by atoms with E-state index in [4.69, 9.17) is 4.42 Å². The maximum atomic E-state index is 12.3. The Kier molecular flexibility index (Phi) is 4.85. The van der Waals surface area contributed by atoms with Crippen LogP contribution >= 0.6 is 23.1 Å². The van der Waals surface area contributed by atoms with Crippen LogP contribution in [-0.2, 0) is 11.2 Å². The lowest BCUT2D eigenvalue weighted by atomic mass is 9.88. The molecule has 128 valence electrons. The second-order valence-electron chi connectivity index (χ2n) is 5.85. The summed E-state index contributed by atoms with van der Waals surface area (Å²) in [5.74, 6) is 0.756. The fraction of sp³-hybridized carbons (Fsp3) is 0.278. The molecule has 0 saturated heterocycles. The van der Waals surface area contributed by atoms with E-state index in [0.29, 0.717) is 11.1 Å². The van der Waals surface area contributed by atoms with E-state index in [1.807, 2.05) is 23.6 Å². The summed E-state index contributed by atoms with van der Waals surface area (Å²) >= 11 is 2.81. The van der Waals surface area contributed by atoms with Crippen molar-refractivity contribution in [2.24, 2.45) is 0 Å². The third kappa shape index (κ3) is 3.77. The molecule has 0 spiro atoms. The number of benzene rings is 1. The molecule has 4 rings (SSSR count). The molecule has 2 heterocycles. The molecule has 1 atom stereocenters. The van der Waals surface area contributed by atoms with E-state index in [-0.39, 0.29) is 17.7 Å². The van der Waals surface area contributed by atoms with E-state index in [1.165, 1.54) is 22.9 Å². The molecule has 0 saturated carbocycles. The highest BCUT2D eigenvalue weighted by Gasteiger charge is 2.21. The number of hydrogen-bond donors (Lipinski definition) is 1. The Morgan fingerprint density at radius 1 is 1.28 bits per heavy atom. The fourth-order valence-corrected chi connectivity index (χ4v) is 4.25. The summed E-state index contributed by atoms with van der Waals surface area (Å²) in [6.07, 6.45) is 3.17. The van der Waals surface area contributed by atoms with E-state index >= 15 is 0 Å². The molecule has 2 aromatic heterocycles. The van der Waals surface area contributed by atoms with Crippen molar-refractivity contribution in [1.82, 2.24) is 15.5 Å². The average molecular weight is 371 g/mol. The van der Waals surface area contributed by atoms with E-state index in [0.717, 1.165) is 24.1 Å². The monoisotopic (exact) mass is 371 g/mol. The van der Waals surface area contributed by atoms with Gasteiger partial charge in [-0.05, 0) is 41.8 Å². The molecule has 5 nitrogen and oxygen atoms in total. The Balaban J connectivity index is 1.34. The number of carbonyl (C=O) groups excluding carboxylic acids is 1. The van der Waals surface area contributed by atoms with E-state index in [9.17, 15) is 4.79 Å². The van der Waals surface area contributed by atoms with Crippen molar-refractivity contribution in [1.29, 1.82) is 0 Å². The second kappa shape index (κ2) is 7.41. The first-order chi connectivity index (χ1) is 12.3. The molecule has 0 unspecified atom stereocenters. The Morgan fingerprint density at radius 2 is 2.20 bits per heavy atom. The summed E-state index contributed by atoms with van der Waals surface area (Å²) in [6, 6.07) is 12.3. The first-order valence-electron chi connectivity index (χ1n) is 8.17. The molecule has 1 aromatic carbocycles. The molecule has 0 fully saturated rings. The van der Waals surface area contributed by atoms with Crippen LogP contribution in [0.25, 0.3) is 10.8 Å². The summed E-state index contributed by atoms with van der Waals surface area (Å²) < 4.78 is 5.60. The fourth-order valence-electron chi connectivity index (χ4n) is 3.04. The van der Waals surface area contributed by atoms with Crippen molar-refractivity contribution in [3.63, 3.8) is 0 Å². The van der Waals surface area contributed by atoms with Crippen LogP contribution in [-0.4, -0.2) is 21.9 Å². The maximum absolute atomic E-state index is 12.3. The molecular formula is C18H17N3O2S2. The zero-order valence-corrected chi connectivity index (χ0v) is 15.1. The number of thioether (sulfide) groups is 1. The minimum atomic E-state index is -0.0115.